The van der Waals surface area contributed by atoms with E-state index in [2.05, 4.69) is 122 Å². The molecule has 0 spiro atoms. The van der Waals surface area contributed by atoms with E-state index in [0.717, 1.165) is 34.0 Å². The molecule has 3 aromatic rings. The summed E-state index contributed by atoms with van der Waals surface area (Å²) in [5.74, 6) is 0.754. The summed E-state index contributed by atoms with van der Waals surface area (Å²) in [6, 6.07) is 27.7. The number of hydrogen-bond acceptors (Lipinski definition) is 7. The highest BCUT2D eigenvalue weighted by atomic mass is 127. The van der Waals surface area contributed by atoms with Gasteiger partial charge in [-0.15, -0.1) is 24.0 Å². The molecule has 0 N–H and O–H groups in total. The molecule has 3 heterocycles. The molecule has 0 fully saturated rings. The molecule has 0 bridgehead atoms. The van der Waals surface area contributed by atoms with Gasteiger partial charge in [0, 0.05) is 35.0 Å². The van der Waals surface area contributed by atoms with E-state index in [-0.39, 0.29) is 29.9 Å². The first-order chi connectivity index (χ1) is 22.9. The van der Waals surface area contributed by atoms with Crippen LogP contribution in [0.2, 0.25) is 0 Å². The molecule has 9 heteroatoms. The molecule has 0 atom stereocenters. The normalized spacial score (nSPS) is 18.9. The van der Waals surface area contributed by atoms with Crippen molar-refractivity contribution in [3.05, 3.63) is 141 Å². The van der Waals surface area contributed by atoms with Crippen molar-refractivity contribution in [2.45, 2.75) is 39.5 Å². The predicted molar refractivity (Wildman–Crippen MR) is 218 cm³/mol. The molecule has 3 aliphatic rings. The lowest BCUT2D eigenvalue weighted by molar-refractivity contribution is -0.435. The molecular formula is C39H41IN3O2S3+. The van der Waals surface area contributed by atoms with Crippen LogP contribution in [0.3, 0.4) is 0 Å². The lowest BCUT2D eigenvalue weighted by Crippen LogP contribution is -2.21. The van der Waals surface area contributed by atoms with Crippen LogP contribution in [-0.2, 0) is 9.53 Å². The summed E-state index contributed by atoms with van der Waals surface area (Å²) in [6.45, 7) is 13.3. The summed E-state index contributed by atoms with van der Waals surface area (Å²) >= 11 is 5.05. The van der Waals surface area contributed by atoms with E-state index in [1.807, 2.05) is 30.6 Å². The summed E-state index contributed by atoms with van der Waals surface area (Å²) in [4.78, 5) is 21.5. The van der Waals surface area contributed by atoms with Crippen molar-refractivity contribution in [3.63, 3.8) is 0 Å². The fourth-order valence-corrected chi connectivity index (χ4v) is 9.38. The number of carbonyl (C=O) groups is 1. The average molecular weight is 807 g/mol. The number of halogens is 1. The van der Waals surface area contributed by atoms with Crippen LogP contribution in [-0.4, -0.2) is 46.7 Å². The molecule has 0 radical (unpaired) electrons. The zero-order valence-corrected chi connectivity index (χ0v) is 32.7. The van der Waals surface area contributed by atoms with Crippen LogP contribution in [0.15, 0.2) is 129 Å². The van der Waals surface area contributed by atoms with Crippen LogP contribution in [0.4, 0.5) is 5.69 Å². The zero-order valence-electron chi connectivity index (χ0n) is 27.9. The van der Waals surface area contributed by atoms with Gasteiger partial charge in [0.1, 0.15) is 10.7 Å². The van der Waals surface area contributed by atoms with Crippen LogP contribution in [0.1, 0.15) is 44.4 Å². The number of fused-ring (bicyclic) bond motifs is 1. The van der Waals surface area contributed by atoms with Gasteiger partial charge in [-0.05, 0) is 87.4 Å². The van der Waals surface area contributed by atoms with E-state index in [4.69, 9.17) is 4.74 Å². The maximum absolute atomic E-state index is 13.7. The molecule has 3 aliphatic heterocycles. The second-order valence-electron chi connectivity index (χ2n) is 11.1. The Balaban J connectivity index is 0.00000451. The molecule has 6 rings (SSSR count). The van der Waals surface area contributed by atoms with Gasteiger partial charge < -0.3 is 14.5 Å². The van der Waals surface area contributed by atoms with E-state index in [0.29, 0.717) is 18.1 Å². The molecule has 0 aromatic heterocycles. The molecule has 248 valence electrons. The summed E-state index contributed by atoms with van der Waals surface area (Å²) in [6.07, 6.45) is 8.13. The quantitative estimate of drug-likeness (QED) is 0.0874. The first kappa shape index (κ1) is 36.2. The number of hydrogen-bond donors (Lipinski definition) is 0. The topological polar surface area (TPSA) is 35.8 Å². The van der Waals surface area contributed by atoms with E-state index < -0.39 is 0 Å². The van der Waals surface area contributed by atoms with Gasteiger partial charge in [0.2, 0.25) is 0 Å². The third kappa shape index (κ3) is 7.54. The van der Waals surface area contributed by atoms with Gasteiger partial charge in [-0.1, -0.05) is 90.3 Å². The number of aryl methyl sites for hydroxylation is 1. The highest BCUT2D eigenvalue weighted by Crippen LogP contribution is 2.51. The van der Waals surface area contributed by atoms with Crippen molar-refractivity contribution in [1.82, 2.24) is 4.90 Å². The Bertz CT molecular complexity index is 1860. The Morgan fingerprint density at radius 3 is 2.17 bits per heavy atom. The lowest BCUT2D eigenvalue weighted by atomic mass is 10.1. The maximum Gasteiger partial charge on any atom is 0.427 e. The Kier molecular flexibility index (Phi) is 12.4. The van der Waals surface area contributed by atoms with E-state index in [9.17, 15) is 4.79 Å². The van der Waals surface area contributed by atoms with Crippen molar-refractivity contribution in [2.75, 3.05) is 31.1 Å². The molecule has 0 saturated heterocycles. The third-order valence-corrected chi connectivity index (χ3v) is 11.4. The largest absolute Gasteiger partial charge is 0.494 e. The molecule has 5 nitrogen and oxygen atoms in total. The smallest absolute Gasteiger partial charge is 0.427 e. The Morgan fingerprint density at radius 2 is 1.52 bits per heavy atom. The minimum Gasteiger partial charge on any atom is -0.494 e. The van der Waals surface area contributed by atoms with E-state index >= 15 is 0 Å². The van der Waals surface area contributed by atoms with Crippen molar-refractivity contribution >= 4 is 86.5 Å². The second kappa shape index (κ2) is 16.5. The first-order valence-corrected chi connectivity index (χ1v) is 18.6. The number of benzene rings is 3. The van der Waals surface area contributed by atoms with Crippen molar-refractivity contribution < 1.29 is 14.1 Å². The van der Waals surface area contributed by atoms with Gasteiger partial charge in [-0.2, -0.15) is 4.58 Å². The molecule has 3 aromatic carbocycles. The van der Waals surface area contributed by atoms with Gasteiger partial charge in [-0.3, -0.25) is 0 Å². The Hall–Kier alpha value is -3.12. The minimum absolute atomic E-state index is 0. The lowest BCUT2D eigenvalue weighted by Gasteiger charge is -2.21. The molecule has 0 saturated carbocycles. The molecule has 1 amide bonds. The number of amides is 1. The highest BCUT2D eigenvalue weighted by molar-refractivity contribution is 14.0. The zero-order chi connectivity index (χ0) is 32.9. The number of likely N-dealkylation sites (N-methyl/N-ethyl adjacent to an activating group) is 1. The Labute approximate surface area is 314 Å². The number of nitrogens with zero attached hydrogens (tertiary/aromatic N) is 3. The van der Waals surface area contributed by atoms with E-state index in [1.54, 1.807) is 23.5 Å². The van der Waals surface area contributed by atoms with Gasteiger partial charge in [0.05, 0.1) is 28.0 Å². The van der Waals surface area contributed by atoms with Gasteiger partial charge in [-0.25, -0.2) is 4.79 Å². The number of carbonyl (C=O) groups excluding carboxylic acids is 1. The van der Waals surface area contributed by atoms with Crippen molar-refractivity contribution in [3.8, 4) is 0 Å². The second-order valence-corrected chi connectivity index (χ2v) is 14.2. The SMILES string of the molecule is CCOC(=C\C=C1\SC(/C=C2\SC(c3ccccc3)=C(c3ccccc3)N2CC)=[N+](CC)C1=O)/C=C1\Sc2ccc(C)cc2N1CC.I. The van der Waals surface area contributed by atoms with E-state index in [1.165, 1.54) is 49.6 Å². The Morgan fingerprint density at radius 1 is 0.833 bits per heavy atom. The van der Waals surface area contributed by atoms with Crippen molar-refractivity contribution in [1.29, 1.82) is 0 Å². The third-order valence-electron chi connectivity index (χ3n) is 8.03. The predicted octanol–water partition coefficient (Wildman–Crippen LogP) is 10.3. The summed E-state index contributed by atoms with van der Waals surface area (Å²) in [5, 5.41) is 3.17. The summed E-state index contributed by atoms with van der Waals surface area (Å²) in [7, 11) is 0. The molecule has 48 heavy (non-hydrogen) atoms. The molecule has 0 unspecified atom stereocenters. The first-order valence-electron chi connectivity index (χ1n) is 16.2. The van der Waals surface area contributed by atoms with Gasteiger partial charge in [0.15, 0.2) is 6.54 Å². The maximum atomic E-state index is 13.7. The van der Waals surface area contributed by atoms with Crippen LogP contribution in [0.25, 0.3) is 10.6 Å². The van der Waals surface area contributed by atoms with Gasteiger partial charge in [0.25, 0.3) is 5.04 Å². The summed E-state index contributed by atoms with van der Waals surface area (Å²) < 4.78 is 7.94. The number of ether oxygens (including phenoxy) is 1. The molecule has 0 aliphatic carbocycles. The fraction of sp³-hybridized carbons (Fsp3) is 0.231. The minimum atomic E-state index is 0. The van der Waals surface area contributed by atoms with Gasteiger partial charge >= 0.3 is 5.91 Å². The van der Waals surface area contributed by atoms with Crippen LogP contribution in [0.5, 0.6) is 0 Å². The average Bonchev–Trinajstić information content (AvgIpc) is 3.73. The standard InChI is InChI=1S/C39H40N3O2S3.HI/c1-6-40-31-24-27(5)20-22-32(31)45-34(40)25-30(44-9-4)21-23-33-39(43)42(8-3)36(46-33)26-35-41(7-2)37(28-16-12-10-13-17-28)38(47-35)29-18-14-11-15-19-29;/h10-26H,6-9H2,1-5H3;1H/q+1;/b30-21-,33-23+,34-25-;. The number of thioether (sulfide) groups is 3. The number of rotatable bonds is 10. The fourth-order valence-electron chi connectivity index (χ4n) is 5.82. The van der Waals surface area contributed by atoms with Crippen molar-refractivity contribution in [2.24, 2.45) is 0 Å². The monoisotopic (exact) mass is 806 g/mol. The molecular weight excluding hydrogens is 766 g/mol. The number of anilines is 1. The number of allylic oxidation sites excluding steroid dienone is 3. The van der Waals surface area contributed by atoms with Crippen LogP contribution < -0.4 is 4.90 Å². The highest BCUT2D eigenvalue weighted by Gasteiger charge is 2.38. The van der Waals surface area contributed by atoms with Crippen LogP contribution >= 0.6 is 59.3 Å². The summed E-state index contributed by atoms with van der Waals surface area (Å²) in [5.41, 5.74) is 6.05. The van der Waals surface area contributed by atoms with Crippen LogP contribution in [0, 0.1) is 6.92 Å².